The fourth-order valence-electron chi connectivity index (χ4n) is 1.42. The molecule has 74 valence electrons. The van der Waals surface area contributed by atoms with Gasteiger partial charge in [-0.25, -0.2) is 9.48 Å². The van der Waals surface area contributed by atoms with Gasteiger partial charge in [-0.1, -0.05) is 13.8 Å². The van der Waals surface area contributed by atoms with E-state index < -0.39 is 0 Å². The van der Waals surface area contributed by atoms with Gasteiger partial charge in [0.15, 0.2) is 0 Å². The summed E-state index contributed by atoms with van der Waals surface area (Å²) in [6.45, 7) is 7.47. The molecule has 4 heteroatoms. The summed E-state index contributed by atoms with van der Waals surface area (Å²) in [5.41, 5.74) is 0.0289. The van der Waals surface area contributed by atoms with Gasteiger partial charge in [0, 0.05) is 19.5 Å². The van der Waals surface area contributed by atoms with Crippen molar-refractivity contribution in [3.05, 3.63) is 16.3 Å². The molecule has 0 aliphatic carbocycles. The maximum absolute atomic E-state index is 11.6. The molecular formula is C9H17N3O. The predicted molar refractivity (Wildman–Crippen MR) is 51.8 cm³/mol. The third-order valence-corrected chi connectivity index (χ3v) is 2.07. The Morgan fingerprint density at radius 2 is 2.00 bits per heavy atom. The van der Waals surface area contributed by atoms with Crippen LogP contribution in [0, 0.1) is 0 Å². The van der Waals surface area contributed by atoms with Crippen molar-refractivity contribution in [3.8, 4) is 0 Å². The topological polar surface area (TPSA) is 39.8 Å². The highest BCUT2D eigenvalue weighted by Gasteiger charge is 2.08. The molecule has 0 amide bonds. The van der Waals surface area contributed by atoms with E-state index in [-0.39, 0.29) is 5.69 Å². The lowest BCUT2D eigenvalue weighted by atomic mass is 10.4. The van der Waals surface area contributed by atoms with Crippen LogP contribution in [0.5, 0.6) is 0 Å². The lowest BCUT2D eigenvalue weighted by Gasteiger charge is -1.96. The number of aryl methyl sites for hydroxylation is 2. The highest BCUT2D eigenvalue weighted by molar-refractivity contribution is 4.86. The Labute approximate surface area is 78.2 Å². The van der Waals surface area contributed by atoms with E-state index in [1.54, 1.807) is 9.25 Å². The van der Waals surface area contributed by atoms with Crippen LogP contribution in [0.2, 0.25) is 0 Å². The first-order valence-corrected chi connectivity index (χ1v) is 4.91. The van der Waals surface area contributed by atoms with E-state index in [0.717, 1.165) is 25.2 Å². The minimum atomic E-state index is 0.0289. The Kier molecular flexibility index (Phi) is 3.28. The Morgan fingerprint density at radius 3 is 2.38 bits per heavy atom. The number of rotatable bonds is 4. The van der Waals surface area contributed by atoms with Crippen molar-refractivity contribution >= 4 is 0 Å². The number of aromatic nitrogens is 3. The molecule has 0 spiro atoms. The van der Waals surface area contributed by atoms with Gasteiger partial charge in [0.1, 0.15) is 5.82 Å². The average Bonchev–Trinajstić information content (AvgIpc) is 2.44. The maximum Gasteiger partial charge on any atom is 0.345 e. The van der Waals surface area contributed by atoms with Crippen LogP contribution in [0.1, 0.15) is 33.0 Å². The van der Waals surface area contributed by atoms with Crippen LogP contribution >= 0.6 is 0 Å². The first-order valence-electron chi connectivity index (χ1n) is 4.91. The molecule has 0 saturated heterocycles. The summed E-state index contributed by atoms with van der Waals surface area (Å²) in [7, 11) is 0. The zero-order chi connectivity index (χ0) is 9.84. The van der Waals surface area contributed by atoms with E-state index in [1.165, 1.54) is 0 Å². The van der Waals surface area contributed by atoms with Gasteiger partial charge in [0.25, 0.3) is 0 Å². The van der Waals surface area contributed by atoms with Crippen LogP contribution in [0.25, 0.3) is 0 Å². The minimum Gasteiger partial charge on any atom is -0.279 e. The molecule has 0 unspecified atom stereocenters. The van der Waals surface area contributed by atoms with E-state index in [2.05, 4.69) is 5.10 Å². The maximum atomic E-state index is 11.6. The Hall–Kier alpha value is -1.06. The molecule has 0 fully saturated rings. The molecular weight excluding hydrogens is 166 g/mol. The normalized spacial score (nSPS) is 10.7. The third kappa shape index (κ3) is 1.82. The zero-order valence-corrected chi connectivity index (χ0v) is 8.58. The van der Waals surface area contributed by atoms with Gasteiger partial charge in [0.2, 0.25) is 0 Å². The lowest BCUT2D eigenvalue weighted by Crippen LogP contribution is -2.24. The monoisotopic (exact) mass is 183 g/mol. The average molecular weight is 183 g/mol. The van der Waals surface area contributed by atoms with Gasteiger partial charge in [-0.05, 0) is 13.3 Å². The molecule has 0 radical (unpaired) electrons. The largest absolute Gasteiger partial charge is 0.345 e. The summed E-state index contributed by atoms with van der Waals surface area (Å²) in [6.07, 6.45) is 1.77. The van der Waals surface area contributed by atoms with Crippen LogP contribution in [-0.4, -0.2) is 14.3 Å². The van der Waals surface area contributed by atoms with E-state index in [9.17, 15) is 4.79 Å². The van der Waals surface area contributed by atoms with Gasteiger partial charge in [0.05, 0.1) is 0 Å². The first kappa shape index (κ1) is 10.0. The highest BCUT2D eigenvalue weighted by Crippen LogP contribution is 1.94. The summed E-state index contributed by atoms with van der Waals surface area (Å²) in [5.74, 6) is 0.890. The second kappa shape index (κ2) is 4.25. The summed E-state index contributed by atoms with van der Waals surface area (Å²) in [5, 5.41) is 4.26. The Morgan fingerprint density at radius 1 is 1.31 bits per heavy atom. The quantitative estimate of drug-likeness (QED) is 0.699. The second-order valence-electron chi connectivity index (χ2n) is 3.02. The Balaban J connectivity index is 3.11. The van der Waals surface area contributed by atoms with E-state index in [0.29, 0.717) is 6.54 Å². The van der Waals surface area contributed by atoms with Crippen LogP contribution in [0.15, 0.2) is 4.79 Å². The smallest absolute Gasteiger partial charge is 0.279 e. The fourth-order valence-corrected chi connectivity index (χ4v) is 1.42. The van der Waals surface area contributed by atoms with E-state index >= 15 is 0 Å². The molecule has 0 aromatic carbocycles. The van der Waals surface area contributed by atoms with Crippen molar-refractivity contribution in [1.82, 2.24) is 14.3 Å². The highest BCUT2D eigenvalue weighted by atomic mass is 16.2. The molecule has 0 saturated carbocycles. The number of nitrogens with zero attached hydrogens (tertiary/aromatic N) is 3. The Bertz CT molecular complexity index is 324. The van der Waals surface area contributed by atoms with Crippen LogP contribution in [-0.2, 0) is 19.5 Å². The van der Waals surface area contributed by atoms with Crippen molar-refractivity contribution in [3.63, 3.8) is 0 Å². The van der Waals surface area contributed by atoms with Gasteiger partial charge in [-0.15, -0.1) is 0 Å². The molecule has 0 N–H and O–H groups in total. The molecule has 0 aliphatic heterocycles. The lowest BCUT2D eigenvalue weighted by molar-refractivity contribution is 0.567. The van der Waals surface area contributed by atoms with Crippen molar-refractivity contribution in [1.29, 1.82) is 0 Å². The summed E-state index contributed by atoms with van der Waals surface area (Å²) in [6, 6.07) is 0. The van der Waals surface area contributed by atoms with E-state index in [1.807, 2.05) is 20.8 Å². The van der Waals surface area contributed by atoms with E-state index in [4.69, 9.17) is 0 Å². The molecule has 1 aromatic heterocycles. The molecule has 1 heterocycles. The summed E-state index contributed by atoms with van der Waals surface area (Å²) < 4.78 is 3.29. The van der Waals surface area contributed by atoms with Gasteiger partial charge >= 0.3 is 5.69 Å². The molecule has 1 aromatic rings. The number of hydrogen-bond acceptors (Lipinski definition) is 2. The zero-order valence-electron chi connectivity index (χ0n) is 8.58. The minimum absolute atomic E-state index is 0.0289. The fraction of sp³-hybridized carbons (Fsp3) is 0.778. The molecule has 0 bridgehead atoms. The summed E-state index contributed by atoms with van der Waals surface area (Å²) in [4.78, 5) is 11.6. The van der Waals surface area contributed by atoms with Crippen molar-refractivity contribution < 1.29 is 0 Å². The predicted octanol–water partition coefficient (Wildman–Crippen LogP) is 1.04. The van der Waals surface area contributed by atoms with Crippen molar-refractivity contribution in [2.75, 3.05) is 0 Å². The molecule has 13 heavy (non-hydrogen) atoms. The molecule has 1 rings (SSSR count). The SMILES string of the molecule is CCCn1nc(CC)n(CC)c1=O. The van der Waals surface area contributed by atoms with Crippen molar-refractivity contribution in [2.45, 2.75) is 46.7 Å². The van der Waals surface area contributed by atoms with Gasteiger partial charge < -0.3 is 0 Å². The molecule has 4 nitrogen and oxygen atoms in total. The van der Waals surface area contributed by atoms with Crippen LogP contribution in [0.3, 0.4) is 0 Å². The van der Waals surface area contributed by atoms with Crippen LogP contribution in [0.4, 0.5) is 0 Å². The van der Waals surface area contributed by atoms with Gasteiger partial charge in [-0.3, -0.25) is 4.57 Å². The second-order valence-corrected chi connectivity index (χ2v) is 3.02. The molecule has 0 atom stereocenters. The summed E-state index contributed by atoms with van der Waals surface area (Å²) >= 11 is 0. The van der Waals surface area contributed by atoms with Gasteiger partial charge in [-0.2, -0.15) is 5.10 Å². The first-order chi connectivity index (χ1) is 6.24. The molecule has 0 aliphatic rings. The third-order valence-electron chi connectivity index (χ3n) is 2.07. The number of hydrogen-bond donors (Lipinski definition) is 0. The van der Waals surface area contributed by atoms with Crippen molar-refractivity contribution in [2.24, 2.45) is 0 Å². The standard InChI is InChI=1S/C9H17N3O/c1-4-7-12-9(13)11(6-3)8(5-2)10-12/h4-7H2,1-3H3. The van der Waals surface area contributed by atoms with Crippen LogP contribution < -0.4 is 5.69 Å².